The molecule has 2 rings (SSSR count). The van der Waals surface area contributed by atoms with E-state index in [2.05, 4.69) is 12.2 Å². The van der Waals surface area contributed by atoms with E-state index in [1.807, 2.05) is 6.07 Å². The molecule has 3 N–H and O–H groups in total. The molecule has 2 amide bonds. The zero-order chi connectivity index (χ0) is 21.1. The number of carbonyl (C=O) groups excluding carboxylic acids is 3. The van der Waals surface area contributed by atoms with Gasteiger partial charge >= 0.3 is 0 Å². The van der Waals surface area contributed by atoms with Crippen LogP contribution in [-0.2, 0) is 9.59 Å². The molecule has 0 bridgehead atoms. The Hall–Kier alpha value is -3.15. The average molecular weight is 396 g/mol. The van der Waals surface area contributed by atoms with Crippen LogP contribution in [-0.4, -0.2) is 24.2 Å². The Bertz CT molecular complexity index is 803. The van der Waals surface area contributed by atoms with Gasteiger partial charge in [0.25, 0.3) is 0 Å². The van der Waals surface area contributed by atoms with E-state index >= 15 is 0 Å². The molecule has 0 aromatic heterocycles. The fraction of sp³-hybridized carbons (Fsp3) is 0.348. The van der Waals surface area contributed by atoms with Crippen molar-refractivity contribution in [3.05, 3.63) is 65.7 Å². The number of ether oxygens (including phenoxy) is 1. The Balaban J connectivity index is 1.83. The molecule has 1 atom stereocenters. The number of rotatable bonds is 12. The lowest BCUT2D eigenvalue weighted by atomic mass is 10.0. The highest BCUT2D eigenvalue weighted by atomic mass is 16.5. The largest absolute Gasteiger partial charge is 0.494 e. The van der Waals surface area contributed by atoms with Gasteiger partial charge in [0.15, 0.2) is 5.78 Å². The van der Waals surface area contributed by atoms with Gasteiger partial charge in [-0.2, -0.15) is 0 Å². The van der Waals surface area contributed by atoms with Gasteiger partial charge in [-0.25, -0.2) is 0 Å². The van der Waals surface area contributed by atoms with E-state index in [9.17, 15) is 14.4 Å². The van der Waals surface area contributed by atoms with Crippen LogP contribution in [0, 0.1) is 0 Å². The molecule has 0 radical (unpaired) electrons. The molecule has 6 heteroatoms. The molecule has 2 aromatic rings. The summed E-state index contributed by atoms with van der Waals surface area (Å²) in [6.45, 7) is 2.79. The Morgan fingerprint density at radius 3 is 2.28 bits per heavy atom. The van der Waals surface area contributed by atoms with Crippen LogP contribution in [0.1, 0.15) is 61.0 Å². The number of Topliss-reactive ketones (excluding diaryl/α,β-unsaturated/α-hetero) is 1. The molecular weight excluding hydrogens is 368 g/mol. The van der Waals surface area contributed by atoms with E-state index in [4.69, 9.17) is 10.5 Å². The molecule has 0 fully saturated rings. The Morgan fingerprint density at radius 2 is 1.66 bits per heavy atom. The van der Waals surface area contributed by atoms with Crippen molar-refractivity contribution in [1.82, 2.24) is 5.32 Å². The number of unbranched alkanes of at least 4 members (excludes halogenated alkanes) is 2. The van der Waals surface area contributed by atoms with Gasteiger partial charge in [0, 0.05) is 18.4 Å². The lowest BCUT2D eigenvalue weighted by Crippen LogP contribution is -2.37. The molecule has 0 aliphatic rings. The number of primary amides is 1. The van der Waals surface area contributed by atoms with Gasteiger partial charge in [-0.1, -0.05) is 50.1 Å². The van der Waals surface area contributed by atoms with Crippen molar-refractivity contribution in [2.75, 3.05) is 6.61 Å². The maximum atomic E-state index is 12.3. The van der Waals surface area contributed by atoms with Gasteiger partial charge in [0.1, 0.15) is 11.8 Å². The van der Waals surface area contributed by atoms with Crippen molar-refractivity contribution >= 4 is 17.6 Å². The molecule has 2 aromatic carbocycles. The van der Waals surface area contributed by atoms with Crippen LogP contribution >= 0.6 is 0 Å². The number of benzene rings is 2. The molecule has 0 spiro atoms. The average Bonchev–Trinajstić information content (AvgIpc) is 2.74. The smallest absolute Gasteiger partial charge is 0.244 e. The minimum absolute atomic E-state index is 0.0231. The van der Waals surface area contributed by atoms with E-state index in [1.54, 1.807) is 48.5 Å². The molecular formula is C23H28N2O4. The monoisotopic (exact) mass is 396 g/mol. The quantitative estimate of drug-likeness (QED) is 0.423. The van der Waals surface area contributed by atoms with Crippen LogP contribution in [0.5, 0.6) is 5.75 Å². The summed E-state index contributed by atoms with van der Waals surface area (Å²) < 4.78 is 5.63. The number of nitrogens with one attached hydrogen (secondary N) is 1. The summed E-state index contributed by atoms with van der Waals surface area (Å²) >= 11 is 0. The first-order valence-corrected chi connectivity index (χ1v) is 9.91. The number of nitrogens with two attached hydrogens (primary N) is 1. The molecule has 0 saturated heterocycles. The molecule has 0 aliphatic carbocycles. The van der Waals surface area contributed by atoms with Gasteiger partial charge in [0.2, 0.25) is 11.8 Å². The normalized spacial score (nSPS) is 11.5. The fourth-order valence-corrected chi connectivity index (χ4v) is 2.85. The van der Waals surface area contributed by atoms with Crippen LogP contribution in [0.4, 0.5) is 0 Å². The van der Waals surface area contributed by atoms with Crippen LogP contribution in [0.2, 0.25) is 0 Å². The van der Waals surface area contributed by atoms with E-state index in [0.29, 0.717) is 17.7 Å². The molecule has 0 aliphatic heterocycles. The van der Waals surface area contributed by atoms with Crippen LogP contribution in [0.25, 0.3) is 0 Å². The lowest BCUT2D eigenvalue weighted by Gasteiger charge is -2.15. The van der Waals surface area contributed by atoms with Gasteiger partial charge in [-0.15, -0.1) is 0 Å². The molecule has 29 heavy (non-hydrogen) atoms. The van der Waals surface area contributed by atoms with Gasteiger partial charge in [0.05, 0.1) is 6.61 Å². The minimum atomic E-state index is -0.914. The van der Waals surface area contributed by atoms with Crippen molar-refractivity contribution < 1.29 is 19.1 Å². The summed E-state index contributed by atoms with van der Waals surface area (Å²) in [5, 5.41) is 2.60. The number of carbonyl (C=O) groups is 3. The third-order valence-electron chi connectivity index (χ3n) is 4.49. The molecule has 154 valence electrons. The van der Waals surface area contributed by atoms with Crippen LogP contribution in [0.15, 0.2) is 54.6 Å². The van der Waals surface area contributed by atoms with Gasteiger partial charge < -0.3 is 15.8 Å². The first-order valence-electron chi connectivity index (χ1n) is 9.91. The fourth-order valence-electron chi connectivity index (χ4n) is 2.85. The Kier molecular flexibility index (Phi) is 8.89. The first kappa shape index (κ1) is 22.1. The highest BCUT2D eigenvalue weighted by Gasteiger charge is 2.20. The summed E-state index contributed by atoms with van der Waals surface area (Å²) in [5.74, 6) is -0.470. The van der Waals surface area contributed by atoms with Gasteiger partial charge in [-0.3, -0.25) is 14.4 Å². The molecule has 6 nitrogen and oxygen atoms in total. The van der Waals surface area contributed by atoms with Crippen molar-refractivity contribution in [3.63, 3.8) is 0 Å². The zero-order valence-corrected chi connectivity index (χ0v) is 16.7. The minimum Gasteiger partial charge on any atom is -0.494 e. The van der Waals surface area contributed by atoms with E-state index in [1.165, 1.54) is 0 Å². The number of hydrogen-bond acceptors (Lipinski definition) is 4. The zero-order valence-electron chi connectivity index (χ0n) is 16.7. The van der Waals surface area contributed by atoms with E-state index in [0.717, 1.165) is 25.0 Å². The SMILES string of the molecule is CCCCCOc1ccc(C(=O)CCC(=O)NC(C(N)=O)c2ccccc2)cc1. The van der Waals surface area contributed by atoms with Crippen LogP contribution in [0.3, 0.4) is 0 Å². The summed E-state index contributed by atoms with van der Waals surface area (Å²) in [4.78, 5) is 36.2. The number of hydrogen-bond donors (Lipinski definition) is 2. The predicted octanol–water partition coefficient (Wildman–Crippen LogP) is 3.56. The summed E-state index contributed by atoms with van der Waals surface area (Å²) in [5.41, 5.74) is 6.52. The molecule has 0 heterocycles. The second kappa shape index (κ2) is 11.6. The second-order valence-electron chi connectivity index (χ2n) is 6.82. The second-order valence-corrected chi connectivity index (χ2v) is 6.82. The molecule has 1 unspecified atom stereocenters. The van der Waals surface area contributed by atoms with Crippen molar-refractivity contribution in [2.45, 2.75) is 45.1 Å². The summed E-state index contributed by atoms with van der Waals surface area (Å²) in [6, 6.07) is 14.8. The van der Waals surface area contributed by atoms with Gasteiger partial charge in [-0.05, 0) is 36.2 Å². The maximum absolute atomic E-state index is 12.3. The van der Waals surface area contributed by atoms with Crippen molar-refractivity contribution in [3.8, 4) is 5.75 Å². The highest BCUT2D eigenvalue weighted by Crippen LogP contribution is 2.16. The molecule has 0 saturated carbocycles. The predicted molar refractivity (Wildman–Crippen MR) is 112 cm³/mol. The summed E-state index contributed by atoms with van der Waals surface area (Å²) in [6.07, 6.45) is 3.28. The third kappa shape index (κ3) is 7.41. The highest BCUT2D eigenvalue weighted by molar-refractivity contribution is 5.98. The standard InChI is InChI=1S/C23H28N2O4/c1-2-3-7-16-29-19-12-10-17(11-13-19)20(26)14-15-21(27)25-22(23(24)28)18-8-5-4-6-9-18/h4-6,8-13,22H,2-3,7,14-16H2,1H3,(H2,24,28)(H,25,27). The maximum Gasteiger partial charge on any atom is 0.244 e. The Labute approximate surface area is 171 Å². The van der Waals surface area contributed by atoms with E-state index < -0.39 is 17.9 Å². The first-order chi connectivity index (χ1) is 14.0. The van der Waals surface area contributed by atoms with Crippen molar-refractivity contribution in [1.29, 1.82) is 0 Å². The lowest BCUT2D eigenvalue weighted by molar-refractivity contribution is -0.127. The number of ketones is 1. The summed E-state index contributed by atoms with van der Waals surface area (Å²) in [7, 11) is 0. The topological polar surface area (TPSA) is 98.5 Å². The van der Waals surface area contributed by atoms with Crippen molar-refractivity contribution in [2.24, 2.45) is 5.73 Å². The van der Waals surface area contributed by atoms with E-state index in [-0.39, 0.29) is 18.6 Å². The van der Waals surface area contributed by atoms with Crippen LogP contribution < -0.4 is 15.8 Å². The third-order valence-corrected chi connectivity index (χ3v) is 4.49. The Morgan fingerprint density at radius 1 is 0.966 bits per heavy atom. The number of amides is 2.